The Kier molecular flexibility index (Phi) is 3.08. The SMILES string of the molecule is CN1CC=C(c2cccc3ccccc23)c2c(ccn2C)C1=O. The number of likely N-dealkylation sites (N-methyl/N-ethyl adjacent to an activating group) is 1. The van der Waals surface area contributed by atoms with Gasteiger partial charge in [0, 0.05) is 32.4 Å². The quantitative estimate of drug-likeness (QED) is 0.673. The lowest BCUT2D eigenvalue weighted by atomic mass is 9.94. The van der Waals surface area contributed by atoms with Crippen molar-refractivity contribution >= 4 is 22.3 Å². The van der Waals surface area contributed by atoms with Crippen LogP contribution < -0.4 is 0 Å². The maximum absolute atomic E-state index is 12.6. The summed E-state index contributed by atoms with van der Waals surface area (Å²) in [5.41, 5.74) is 4.07. The third-order valence-corrected chi connectivity index (χ3v) is 4.55. The first-order valence-electron chi connectivity index (χ1n) is 7.76. The first kappa shape index (κ1) is 13.8. The zero-order valence-corrected chi connectivity index (χ0v) is 13.3. The van der Waals surface area contributed by atoms with Crippen LogP contribution in [-0.2, 0) is 7.05 Å². The normalized spacial score (nSPS) is 14.6. The van der Waals surface area contributed by atoms with Gasteiger partial charge in [0.25, 0.3) is 5.91 Å². The molecule has 0 atom stereocenters. The van der Waals surface area contributed by atoms with E-state index in [-0.39, 0.29) is 5.91 Å². The highest BCUT2D eigenvalue weighted by molar-refractivity contribution is 6.05. The third kappa shape index (κ3) is 2.08. The minimum atomic E-state index is 0.0760. The molecule has 2 heterocycles. The summed E-state index contributed by atoms with van der Waals surface area (Å²) in [6, 6.07) is 16.6. The molecule has 0 spiro atoms. The summed E-state index contributed by atoms with van der Waals surface area (Å²) < 4.78 is 2.04. The maximum Gasteiger partial charge on any atom is 0.256 e. The van der Waals surface area contributed by atoms with Crippen molar-refractivity contribution in [2.45, 2.75) is 0 Å². The summed E-state index contributed by atoms with van der Waals surface area (Å²) in [4.78, 5) is 14.3. The third-order valence-electron chi connectivity index (χ3n) is 4.55. The van der Waals surface area contributed by atoms with E-state index in [1.54, 1.807) is 4.90 Å². The van der Waals surface area contributed by atoms with Crippen molar-refractivity contribution in [2.24, 2.45) is 7.05 Å². The zero-order chi connectivity index (χ0) is 16.0. The van der Waals surface area contributed by atoms with Crippen LogP contribution in [0.4, 0.5) is 0 Å². The molecule has 23 heavy (non-hydrogen) atoms. The second-order valence-electron chi connectivity index (χ2n) is 6.02. The van der Waals surface area contributed by atoms with Gasteiger partial charge in [-0.2, -0.15) is 0 Å². The fourth-order valence-corrected chi connectivity index (χ4v) is 3.35. The topological polar surface area (TPSA) is 25.2 Å². The highest BCUT2D eigenvalue weighted by atomic mass is 16.2. The van der Waals surface area contributed by atoms with Crippen LogP contribution in [0.2, 0.25) is 0 Å². The van der Waals surface area contributed by atoms with Crippen LogP contribution in [0, 0.1) is 0 Å². The number of carbonyl (C=O) groups excluding carboxylic acids is 1. The number of rotatable bonds is 1. The minimum Gasteiger partial charge on any atom is -0.350 e. The van der Waals surface area contributed by atoms with Gasteiger partial charge >= 0.3 is 0 Å². The summed E-state index contributed by atoms with van der Waals surface area (Å²) >= 11 is 0. The maximum atomic E-state index is 12.6. The summed E-state index contributed by atoms with van der Waals surface area (Å²) in [7, 11) is 3.85. The molecule has 0 saturated carbocycles. The number of carbonyl (C=O) groups is 1. The van der Waals surface area contributed by atoms with Crippen molar-refractivity contribution in [2.75, 3.05) is 13.6 Å². The number of benzene rings is 2. The molecule has 0 saturated heterocycles. The smallest absolute Gasteiger partial charge is 0.256 e. The molecule has 3 aromatic rings. The Morgan fingerprint density at radius 2 is 1.70 bits per heavy atom. The van der Waals surface area contributed by atoms with Gasteiger partial charge in [0.1, 0.15) is 0 Å². The van der Waals surface area contributed by atoms with Crippen molar-refractivity contribution in [3.63, 3.8) is 0 Å². The van der Waals surface area contributed by atoms with Gasteiger partial charge < -0.3 is 9.47 Å². The lowest BCUT2D eigenvalue weighted by Crippen LogP contribution is -2.25. The second kappa shape index (κ2) is 5.13. The second-order valence-corrected chi connectivity index (χ2v) is 6.02. The molecule has 1 aliphatic rings. The Balaban J connectivity index is 2.02. The van der Waals surface area contributed by atoms with Crippen LogP contribution in [0.1, 0.15) is 21.6 Å². The molecular weight excluding hydrogens is 284 g/mol. The summed E-state index contributed by atoms with van der Waals surface area (Å²) in [5.74, 6) is 0.0760. The van der Waals surface area contributed by atoms with Gasteiger partial charge in [0.2, 0.25) is 0 Å². The Morgan fingerprint density at radius 3 is 2.57 bits per heavy atom. The van der Waals surface area contributed by atoms with Crippen LogP contribution in [0.3, 0.4) is 0 Å². The van der Waals surface area contributed by atoms with Crippen molar-refractivity contribution in [1.82, 2.24) is 9.47 Å². The van der Waals surface area contributed by atoms with E-state index in [1.165, 1.54) is 16.3 Å². The van der Waals surface area contributed by atoms with E-state index in [9.17, 15) is 4.79 Å². The van der Waals surface area contributed by atoms with E-state index in [0.29, 0.717) is 6.54 Å². The van der Waals surface area contributed by atoms with E-state index >= 15 is 0 Å². The van der Waals surface area contributed by atoms with Crippen LogP contribution in [0.5, 0.6) is 0 Å². The molecule has 0 aliphatic carbocycles. The lowest BCUT2D eigenvalue weighted by Gasteiger charge is -2.13. The number of fused-ring (bicyclic) bond motifs is 2. The van der Waals surface area contributed by atoms with E-state index in [1.807, 2.05) is 30.9 Å². The standard InChI is InChI=1S/C20H18N2O/c1-21-12-11-18-19(21)17(10-13-22(2)20(18)23)16-9-5-7-14-6-3-4-8-15(14)16/h3-12H,13H2,1-2H3. The van der Waals surface area contributed by atoms with Crippen molar-refractivity contribution in [3.05, 3.63) is 77.6 Å². The first-order valence-corrected chi connectivity index (χ1v) is 7.76. The molecule has 0 bridgehead atoms. The van der Waals surface area contributed by atoms with Gasteiger partial charge in [-0.3, -0.25) is 4.79 Å². The predicted octanol–water partition coefficient (Wildman–Crippen LogP) is 3.70. The zero-order valence-electron chi connectivity index (χ0n) is 13.3. The Bertz CT molecular complexity index is 944. The lowest BCUT2D eigenvalue weighted by molar-refractivity contribution is 0.0811. The van der Waals surface area contributed by atoms with Gasteiger partial charge in [-0.1, -0.05) is 48.5 Å². The number of nitrogens with zero attached hydrogens (tertiary/aromatic N) is 2. The number of hydrogen-bond acceptors (Lipinski definition) is 1. The van der Waals surface area contributed by atoms with Gasteiger partial charge in [-0.15, -0.1) is 0 Å². The van der Waals surface area contributed by atoms with Gasteiger partial charge in [-0.05, 0) is 22.4 Å². The van der Waals surface area contributed by atoms with Crippen molar-refractivity contribution in [3.8, 4) is 0 Å². The molecule has 0 radical (unpaired) electrons. The molecular formula is C20H18N2O. The number of aromatic nitrogens is 1. The molecule has 3 nitrogen and oxygen atoms in total. The van der Waals surface area contributed by atoms with Crippen LogP contribution >= 0.6 is 0 Å². The van der Waals surface area contributed by atoms with E-state index in [0.717, 1.165) is 16.8 Å². The number of aryl methyl sites for hydroxylation is 1. The van der Waals surface area contributed by atoms with E-state index < -0.39 is 0 Å². The molecule has 1 amide bonds. The fraction of sp³-hybridized carbons (Fsp3) is 0.150. The van der Waals surface area contributed by atoms with Gasteiger partial charge in [-0.25, -0.2) is 0 Å². The van der Waals surface area contributed by atoms with E-state index in [2.05, 4.69) is 48.5 Å². The largest absolute Gasteiger partial charge is 0.350 e. The van der Waals surface area contributed by atoms with Crippen LogP contribution in [0.25, 0.3) is 16.3 Å². The van der Waals surface area contributed by atoms with Crippen molar-refractivity contribution < 1.29 is 4.79 Å². The Morgan fingerprint density at radius 1 is 0.913 bits per heavy atom. The van der Waals surface area contributed by atoms with Gasteiger partial charge in [0.05, 0.1) is 11.3 Å². The number of amides is 1. The molecule has 4 rings (SSSR count). The summed E-state index contributed by atoms with van der Waals surface area (Å²) in [6.45, 7) is 0.617. The Hall–Kier alpha value is -2.81. The van der Waals surface area contributed by atoms with E-state index in [4.69, 9.17) is 0 Å². The molecule has 0 unspecified atom stereocenters. The van der Waals surface area contributed by atoms with Crippen molar-refractivity contribution in [1.29, 1.82) is 0 Å². The summed E-state index contributed by atoms with van der Waals surface area (Å²) in [6.07, 6.45) is 4.12. The highest BCUT2D eigenvalue weighted by Gasteiger charge is 2.25. The highest BCUT2D eigenvalue weighted by Crippen LogP contribution is 2.33. The average Bonchev–Trinajstić information content (AvgIpc) is 2.90. The average molecular weight is 302 g/mol. The predicted molar refractivity (Wildman–Crippen MR) is 93.4 cm³/mol. The minimum absolute atomic E-state index is 0.0760. The molecule has 3 heteroatoms. The fourth-order valence-electron chi connectivity index (χ4n) is 3.35. The molecule has 0 N–H and O–H groups in total. The summed E-state index contributed by atoms with van der Waals surface area (Å²) in [5, 5.41) is 2.43. The molecule has 0 fully saturated rings. The first-order chi connectivity index (χ1) is 11.2. The van der Waals surface area contributed by atoms with Crippen LogP contribution in [0.15, 0.2) is 60.8 Å². The molecule has 114 valence electrons. The molecule has 2 aromatic carbocycles. The number of hydrogen-bond donors (Lipinski definition) is 0. The Labute approximate surface area is 135 Å². The van der Waals surface area contributed by atoms with Gasteiger partial charge in [0.15, 0.2) is 0 Å². The molecule has 1 aromatic heterocycles. The van der Waals surface area contributed by atoms with Crippen LogP contribution in [-0.4, -0.2) is 29.0 Å². The monoisotopic (exact) mass is 302 g/mol. The molecule has 1 aliphatic heterocycles.